The number of hydrogen-bond acceptors (Lipinski definition) is 0. The third kappa shape index (κ3) is 5.75. The molecule has 0 nitrogen and oxygen atoms in total. The minimum Gasteiger partial charge on any atom is -0.166 e. The average Bonchev–Trinajstić information content (AvgIpc) is 3.19. The molecule has 0 N–H and O–H groups in total. The van der Waals surface area contributed by atoms with E-state index in [1.165, 1.54) is 24.3 Å². The SMILES string of the molecule is FC(F)(F)c1ccc(-c2ccc3c(-c4cccc5ccccc45)c4cc(-c5ccc(C(F)(F)F)cc5)ccc4c(-c4cccc5ccccc45)c3c2)cc1. The Morgan fingerprint density at radius 3 is 1.02 bits per heavy atom. The van der Waals surface area contributed by atoms with Crippen LogP contribution in [0, 0.1) is 0 Å². The van der Waals surface area contributed by atoms with Crippen LogP contribution in [-0.4, -0.2) is 0 Å². The third-order valence-electron chi connectivity index (χ3n) is 10.3. The van der Waals surface area contributed by atoms with Crippen LogP contribution < -0.4 is 0 Å². The lowest BCUT2D eigenvalue weighted by Crippen LogP contribution is -2.04. The monoisotopic (exact) mass is 718 g/mol. The first-order valence-corrected chi connectivity index (χ1v) is 17.4. The lowest BCUT2D eigenvalue weighted by Gasteiger charge is -2.21. The van der Waals surface area contributed by atoms with E-state index in [-0.39, 0.29) is 0 Å². The molecule has 54 heavy (non-hydrogen) atoms. The minimum absolute atomic E-state index is 0.651. The van der Waals surface area contributed by atoms with Gasteiger partial charge in [-0.05, 0) is 124 Å². The van der Waals surface area contributed by atoms with E-state index in [0.29, 0.717) is 11.1 Å². The number of fused-ring (bicyclic) bond motifs is 4. The molecule has 0 spiro atoms. The van der Waals surface area contributed by atoms with Crippen molar-refractivity contribution in [2.75, 3.05) is 0 Å². The molecule has 6 heteroatoms. The van der Waals surface area contributed by atoms with Gasteiger partial charge in [0.1, 0.15) is 0 Å². The molecule has 0 amide bonds. The first-order valence-electron chi connectivity index (χ1n) is 17.4. The van der Waals surface area contributed by atoms with Crippen LogP contribution in [0.15, 0.2) is 170 Å². The van der Waals surface area contributed by atoms with Gasteiger partial charge in [-0.2, -0.15) is 26.3 Å². The highest BCUT2D eigenvalue weighted by Gasteiger charge is 2.31. The van der Waals surface area contributed by atoms with Crippen molar-refractivity contribution in [1.82, 2.24) is 0 Å². The maximum Gasteiger partial charge on any atom is 0.416 e. The fourth-order valence-corrected chi connectivity index (χ4v) is 7.76. The van der Waals surface area contributed by atoms with Gasteiger partial charge in [-0.25, -0.2) is 0 Å². The van der Waals surface area contributed by atoms with E-state index in [9.17, 15) is 26.3 Å². The van der Waals surface area contributed by atoms with Crippen LogP contribution in [0.1, 0.15) is 11.1 Å². The largest absolute Gasteiger partial charge is 0.416 e. The molecule has 262 valence electrons. The summed E-state index contributed by atoms with van der Waals surface area (Å²) in [6, 6.07) is 51.1. The van der Waals surface area contributed by atoms with Gasteiger partial charge in [-0.1, -0.05) is 133 Å². The molecule has 0 heterocycles. The van der Waals surface area contributed by atoms with Crippen LogP contribution in [0.3, 0.4) is 0 Å². The molecule has 0 unspecified atom stereocenters. The average molecular weight is 719 g/mol. The smallest absolute Gasteiger partial charge is 0.166 e. The van der Waals surface area contributed by atoms with Crippen LogP contribution in [0.25, 0.3) is 87.6 Å². The molecule has 0 saturated carbocycles. The fourth-order valence-electron chi connectivity index (χ4n) is 7.76. The highest BCUT2D eigenvalue weighted by atomic mass is 19.4. The zero-order valence-corrected chi connectivity index (χ0v) is 28.4. The molecule has 0 atom stereocenters. The first-order chi connectivity index (χ1) is 26.0. The van der Waals surface area contributed by atoms with Gasteiger partial charge < -0.3 is 0 Å². The number of benzene rings is 9. The Kier molecular flexibility index (Phi) is 7.82. The van der Waals surface area contributed by atoms with Gasteiger partial charge in [-0.15, -0.1) is 0 Å². The Labute approximate surface area is 306 Å². The third-order valence-corrected chi connectivity index (χ3v) is 10.3. The summed E-state index contributed by atoms with van der Waals surface area (Å²) in [5.41, 5.74) is 5.29. The minimum atomic E-state index is -4.45. The van der Waals surface area contributed by atoms with E-state index < -0.39 is 23.5 Å². The van der Waals surface area contributed by atoms with E-state index in [2.05, 4.69) is 60.7 Å². The van der Waals surface area contributed by atoms with Crippen LogP contribution >= 0.6 is 0 Å². The predicted molar refractivity (Wildman–Crippen MR) is 208 cm³/mol. The normalized spacial score (nSPS) is 12.3. The second-order valence-corrected chi connectivity index (χ2v) is 13.5. The topological polar surface area (TPSA) is 0 Å². The summed E-state index contributed by atoms with van der Waals surface area (Å²) in [5, 5.41) is 7.87. The molecule has 0 aliphatic carbocycles. The van der Waals surface area contributed by atoms with Gasteiger partial charge in [0.25, 0.3) is 0 Å². The van der Waals surface area contributed by atoms with E-state index >= 15 is 0 Å². The van der Waals surface area contributed by atoms with Crippen LogP contribution in [0.5, 0.6) is 0 Å². The summed E-state index contributed by atoms with van der Waals surface area (Å²) in [6.07, 6.45) is -8.90. The van der Waals surface area contributed by atoms with E-state index in [4.69, 9.17) is 0 Å². The number of alkyl halides is 6. The van der Waals surface area contributed by atoms with Gasteiger partial charge in [0.05, 0.1) is 11.1 Å². The fraction of sp³-hybridized carbons (Fsp3) is 0.0417. The summed E-state index contributed by atoms with van der Waals surface area (Å²) < 4.78 is 81.1. The number of hydrogen-bond donors (Lipinski definition) is 0. The van der Waals surface area contributed by atoms with Crippen molar-refractivity contribution in [2.24, 2.45) is 0 Å². The Bertz CT molecular complexity index is 2670. The Balaban J connectivity index is 1.41. The van der Waals surface area contributed by atoms with Crippen molar-refractivity contribution in [2.45, 2.75) is 12.4 Å². The molecule has 0 saturated heterocycles. The lowest BCUT2D eigenvalue weighted by atomic mass is 9.82. The summed E-state index contributed by atoms with van der Waals surface area (Å²) in [6.45, 7) is 0. The molecule has 9 aromatic rings. The van der Waals surface area contributed by atoms with Crippen molar-refractivity contribution >= 4 is 43.1 Å². The van der Waals surface area contributed by atoms with Crippen molar-refractivity contribution in [3.05, 3.63) is 181 Å². The van der Waals surface area contributed by atoms with E-state index in [1.807, 2.05) is 60.7 Å². The zero-order valence-electron chi connectivity index (χ0n) is 28.4. The second kappa shape index (κ2) is 12.6. The molecule has 0 aliphatic rings. The van der Waals surface area contributed by atoms with Gasteiger partial charge in [0, 0.05) is 0 Å². The highest BCUT2D eigenvalue weighted by molar-refractivity contribution is 6.26. The first kappa shape index (κ1) is 33.4. The maximum atomic E-state index is 13.5. The predicted octanol–water partition coefficient (Wildman–Crippen LogP) is 15.0. The van der Waals surface area contributed by atoms with Crippen LogP contribution in [-0.2, 0) is 12.4 Å². The quantitative estimate of drug-likeness (QED) is 0.126. The molecule has 0 fully saturated rings. The van der Waals surface area contributed by atoms with Crippen molar-refractivity contribution in [1.29, 1.82) is 0 Å². The van der Waals surface area contributed by atoms with Crippen molar-refractivity contribution in [3.8, 4) is 44.5 Å². The maximum absolute atomic E-state index is 13.5. The highest BCUT2D eigenvalue weighted by Crippen LogP contribution is 2.48. The molecular weight excluding hydrogens is 691 g/mol. The van der Waals surface area contributed by atoms with Gasteiger partial charge in [0.2, 0.25) is 0 Å². The lowest BCUT2D eigenvalue weighted by molar-refractivity contribution is -0.138. The number of rotatable bonds is 4. The Morgan fingerprint density at radius 2 is 0.630 bits per heavy atom. The Hall–Kier alpha value is -6.40. The summed E-state index contributed by atoms with van der Waals surface area (Å²) in [7, 11) is 0. The summed E-state index contributed by atoms with van der Waals surface area (Å²) in [4.78, 5) is 0. The van der Waals surface area contributed by atoms with Crippen molar-refractivity contribution < 1.29 is 26.3 Å². The summed E-state index contributed by atoms with van der Waals surface area (Å²) in [5.74, 6) is 0. The molecule has 9 aromatic carbocycles. The van der Waals surface area contributed by atoms with Crippen LogP contribution in [0.4, 0.5) is 26.3 Å². The molecule has 9 rings (SSSR count). The van der Waals surface area contributed by atoms with Gasteiger partial charge >= 0.3 is 12.4 Å². The molecular formula is C48H28F6. The Morgan fingerprint density at radius 1 is 0.278 bits per heavy atom. The standard InChI is InChI=1S/C48H28F6/c49-47(50,51)35-21-15-29(16-22-35)33-20-26-42-43(27-33)45(39-13-5-9-31-7-1-3-11-37(31)39)41-25-19-34(30-17-23-36(24-18-30)48(52,53)54)28-44(41)46(42)40-14-6-10-32-8-2-4-12-38(32)40/h1-28H. The van der Waals surface area contributed by atoms with E-state index in [0.717, 1.165) is 101 Å². The molecule has 0 aliphatic heterocycles. The zero-order chi connectivity index (χ0) is 37.2. The number of halogens is 6. The molecule has 0 bridgehead atoms. The summed E-state index contributed by atoms with van der Waals surface area (Å²) >= 11 is 0. The second-order valence-electron chi connectivity index (χ2n) is 13.5. The molecule has 0 aromatic heterocycles. The van der Waals surface area contributed by atoms with Gasteiger partial charge in [0.15, 0.2) is 0 Å². The van der Waals surface area contributed by atoms with E-state index in [1.54, 1.807) is 0 Å². The van der Waals surface area contributed by atoms with Crippen LogP contribution in [0.2, 0.25) is 0 Å². The van der Waals surface area contributed by atoms with Gasteiger partial charge in [-0.3, -0.25) is 0 Å². The molecule has 0 radical (unpaired) electrons. The van der Waals surface area contributed by atoms with Crippen molar-refractivity contribution in [3.63, 3.8) is 0 Å².